The third kappa shape index (κ3) is 3.18. The Morgan fingerprint density at radius 1 is 1.43 bits per heavy atom. The Labute approximate surface area is 133 Å². The molecule has 2 heterocycles. The molecule has 23 heavy (non-hydrogen) atoms. The van der Waals surface area contributed by atoms with Crippen molar-refractivity contribution in [3.63, 3.8) is 0 Å². The number of hydrogen-bond acceptors (Lipinski definition) is 4. The Kier molecular flexibility index (Phi) is 4.01. The van der Waals surface area contributed by atoms with E-state index in [1.165, 1.54) is 0 Å². The number of H-pyrrole nitrogens is 1. The smallest absolute Gasteiger partial charge is 0.322 e. The van der Waals surface area contributed by atoms with E-state index < -0.39 is 0 Å². The zero-order valence-corrected chi connectivity index (χ0v) is 13.3. The molecule has 0 spiro atoms. The number of benzene rings is 1. The van der Waals surface area contributed by atoms with Crippen LogP contribution < -0.4 is 5.32 Å². The highest BCUT2D eigenvalue weighted by Crippen LogP contribution is 2.21. The number of hydrogen-bond donors (Lipinski definition) is 2. The lowest BCUT2D eigenvalue weighted by molar-refractivity contribution is 0.214. The lowest BCUT2D eigenvalue weighted by Crippen LogP contribution is -2.30. The van der Waals surface area contributed by atoms with Crippen LogP contribution in [0.4, 0.5) is 10.5 Å². The second kappa shape index (κ2) is 6.12. The van der Waals surface area contributed by atoms with Crippen LogP contribution in [0.25, 0.3) is 10.9 Å². The van der Waals surface area contributed by atoms with Gasteiger partial charge in [0, 0.05) is 18.5 Å². The van der Waals surface area contributed by atoms with Crippen molar-refractivity contribution in [1.29, 1.82) is 0 Å². The van der Waals surface area contributed by atoms with E-state index in [1.54, 1.807) is 18.1 Å². The molecule has 3 aromatic rings. The average molecular weight is 313 g/mol. The predicted molar refractivity (Wildman–Crippen MR) is 87.2 cm³/mol. The van der Waals surface area contributed by atoms with E-state index in [2.05, 4.69) is 20.7 Å². The van der Waals surface area contributed by atoms with Crippen LogP contribution >= 0.6 is 0 Å². The van der Waals surface area contributed by atoms with Gasteiger partial charge in [-0.1, -0.05) is 31.1 Å². The first-order valence-electron chi connectivity index (χ1n) is 7.44. The molecule has 0 aliphatic carbocycles. The van der Waals surface area contributed by atoms with Crippen LogP contribution in [0.5, 0.6) is 0 Å². The van der Waals surface area contributed by atoms with Crippen LogP contribution in [0.1, 0.15) is 31.2 Å². The summed E-state index contributed by atoms with van der Waals surface area (Å²) in [6.07, 6.45) is 1.72. The SMILES string of the molecule is CC(C)c1cc(CN(C)C(=O)Nc2cccc3cn[nH]c23)on1. The van der Waals surface area contributed by atoms with Crippen LogP contribution in [-0.4, -0.2) is 33.3 Å². The van der Waals surface area contributed by atoms with E-state index in [4.69, 9.17) is 4.52 Å². The van der Waals surface area contributed by atoms with Crippen molar-refractivity contribution < 1.29 is 9.32 Å². The Hall–Kier alpha value is -2.83. The molecule has 7 heteroatoms. The maximum atomic E-state index is 12.3. The lowest BCUT2D eigenvalue weighted by atomic mass is 10.1. The number of aromatic amines is 1. The minimum absolute atomic E-state index is 0.227. The largest absolute Gasteiger partial charge is 0.359 e. The number of aromatic nitrogens is 3. The minimum Gasteiger partial charge on any atom is -0.359 e. The molecular weight excluding hydrogens is 294 g/mol. The summed E-state index contributed by atoms with van der Waals surface area (Å²) < 4.78 is 5.27. The monoisotopic (exact) mass is 313 g/mol. The van der Waals surface area contributed by atoms with Gasteiger partial charge in [0.05, 0.1) is 29.6 Å². The molecule has 0 bridgehead atoms. The molecule has 0 aliphatic rings. The third-order valence-corrected chi connectivity index (χ3v) is 3.63. The van der Waals surface area contributed by atoms with Crippen molar-refractivity contribution in [1.82, 2.24) is 20.3 Å². The summed E-state index contributed by atoms with van der Waals surface area (Å²) in [5.41, 5.74) is 2.38. The van der Waals surface area contributed by atoms with Crippen LogP contribution in [0.15, 0.2) is 35.0 Å². The van der Waals surface area contributed by atoms with Gasteiger partial charge in [-0.15, -0.1) is 0 Å². The van der Waals surface area contributed by atoms with E-state index >= 15 is 0 Å². The maximum Gasteiger partial charge on any atom is 0.322 e. The number of carbonyl (C=O) groups is 1. The lowest BCUT2D eigenvalue weighted by Gasteiger charge is -2.16. The van der Waals surface area contributed by atoms with Crippen molar-refractivity contribution >= 4 is 22.6 Å². The van der Waals surface area contributed by atoms with Crippen LogP contribution in [0.3, 0.4) is 0 Å². The Bertz CT molecular complexity index is 821. The highest BCUT2D eigenvalue weighted by Gasteiger charge is 2.15. The molecule has 0 atom stereocenters. The van der Waals surface area contributed by atoms with Crippen LogP contribution in [-0.2, 0) is 6.54 Å². The second-order valence-electron chi connectivity index (χ2n) is 5.80. The van der Waals surface area contributed by atoms with E-state index in [0.717, 1.165) is 16.6 Å². The van der Waals surface area contributed by atoms with E-state index in [1.807, 2.05) is 38.1 Å². The maximum absolute atomic E-state index is 12.3. The van der Waals surface area contributed by atoms with E-state index in [-0.39, 0.29) is 6.03 Å². The van der Waals surface area contributed by atoms with E-state index in [9.17, 15) is 4.79 Å². The van der Waals surface area contributed by atoms with Crippen molar-refractivity contribution in [2.75, 3.05) is 12.4 Å². The summed E-state index contributed by atoms with van der Waals surface area (Å²) in [6.45, 7) is 4.44. The summed E-state index contributed by atoms with van der Waals surface area (Å²) in [5, 5.41) is 14.7. The molecule has 1 aromatic carbocycles. The molecule has 2 aromatic heterocycles. The quantitative estimate of drug-likeness (QED) is 0.773. The molecular formula is C16H19N5O2. The standard InChI is InChI=1S/C16H19N5O2/c1-10(2)14-7-12(23-20-14)9-21(3)16(22)18-13-6-4-5-11-8-17-19-15(11)13/h4-8,10H,9H2,1-3H3,(H,17,19)(H,18,22). The van der Waals surface area contributed by atoms with Gasteiger partial charge in [0.2, 0.25) is 0 Å². The highest BCUT2D eigenvalue weighted by atomic mass is 16.5. The van der Waals surface area contributed by atoms with Crippen molar-refractivity contribution in [3.05, 3.63) is 41.9 Å². The minimum atomic E-state index is -0.227. The molecule has 0 radical (unpaired) electrons. The van der Waals surface area contributed by atoms with Gasteiger partial charge >= 0.3 is 6.03 Å². The fourth-order valence-corrected chi connectivity index (χ4v) is 2.26. The van der Waals surface area contributed by atoms with Crippen LogP contribution in [0, 0.1) is 0 Å². The number of amides is 2. The van der Waals surface area contributed by atoms with E-state index in [0.29, 0.717) is 23.9 Å². The first kappa shape index (κ1) is 15.1. The van der Waals surface area contributed by atoms with Crippen molar-refractivity contribution in [2.45, 2.75) is 26.3 Å². The van der Waals surface area contributed by atoms with Crippen LogP contribution in [0.2, 0.25) is 0 Å². The van der Waals surface area contributed by atoms with Gasteiger partial charge in [-0.3, -0.25) is 5.10 Å². The average Bonchev–Trinajstić information content (AvgIpc) is 3.16. The number of urea groups is 1. The zero-order valence-electron chi connectivity index (χ0n) is 13.3. The normalized spacial score (nSPS) is 11.1. The van der Waals surface area contributed by atoms with Gasteiger partial charge in [-0.05, 0) is 12.0 Å². The summed E-state index contributed by atoms with van der Waals surface area (Å²) in [5.74, 6) is 0.954. The molecule has 0 unspecified atom stereocenters. The van der Waals surface area contributed by atoms with Gasteiger partial charge in [0.15, 0.2) is 5.76 Å². The van der Waals surface area contributed by atoms with Gasteiger partial charge in [-0.2, -0.15) is 5.10 Å². The molecule has 2 amide bonds. The molecule has 0 aliphatic heterocycles. The predicted octanol–water partition coefficient (Wildman–Crippen LogP) is 3.34. The molecule has 120 valence electrons. The molecule has 3 rings (SSSR count). The first-order chi connectivity index (χ1) is 11.0. The number of carbonyl (C=O) groups excluding carboxylic acids is 1. The molecule has 0 saturated carbocycles. The number of anilines is 1. The van der Waals surface area contributed by atoms with Crippen molar-refractivity contribution in [2.24, 2.45) is 0 Å². The summed E-state index contributed by atoms with van der Waals surface area (Å²) >= 11 is 0. The highest BCUT2D eigenvalue weighted by molar-refractivity contribution is 5.99. The van der Waals surface area contributed by atoms with Gasteiger partial charge in [-0.25, -0.2) is 4.79 Å². The molecule has 0 fully saturated rings. The van der Waals surface area contributed by atoms with Crippen molar-refractivity contribution in [3.8, 4) is 0 Å². The second-order valence-corrected chi connectivity index (χ2v) is 5.80. The molecule has 7 nitrogen and oxygen atoms in total. The molecule has 0 saturated heterocycles. The Morgan fingerprint density at radius 2 is 2.26 bits per heavy atom. The summed E-state index contributed by atoms with van der Waals surface area (Å²) in [6, 6.07) is 7.29. The van der Waals surface area contributed by atoms with Gasteiger partial charge < -0.3 is 14.7 Å². The topological polar surface area (TPSA) is 87.0 Å². The van der Waals surface area contributed by atoms with Gasteiger partial charge in [0.1, 0.15) is 0 Å². The number of nitrogens with one attached hydrogen (secondary N) is 2. The third-order valence-electron chi connectivity index (χ3n) is 3.63. The first-order valence-corrected chi connectivity index (χ1v) is 7.44. The Morgan fingerprint density at radius 3 is 3.00 bits per heavy atom. The Balaban J connectivity index is 1.68. The fourth-order valence-electron chi connectivity index (χ4n) is 2.26. The number of fused-ring (bicyclic) bond motifs is 1. The number of para-hydroxylation sites is 1. The molecule has 2 N–H and O–H groups in total. The number of rotatable bonds is 4. The van der Waals surface area contributed by atoms with Gasteiger partial charge in [0.25, 0.3) is 0 Å². The summed E-state index contributed by atoms with van der Waals surface area (Å²) in [4.78, 5) is 13.9. The summed E-state index contributed by atoms with van der Waals surface area (Å²) in [7, 11) is 1.71. The number of nitrogens with zero attached hydrogens (tertiary/aromatic N) is 3. The zero-order chi connectivity index (χ0) is 16.4. The fraction of sp³-hybridized carbons (Fsp3) is 0.312.